The first kappa shape index (κ1) is 26.7. The van der Waals surface area contributed by atoms with Crippen LogP contribution in [0.3, 0.4) is 0 Å². The minimum Gasteiger partial charge on any atom is -0.497 e. The third kappa shape index (κ3) is 6.60. The molecule has 3 aromatic rings. The normalized spacial score (nSPS) is 16.9. The smallest absolute Gasteiger partial charge is 0.286 e. The van der Waals surface area contributed by atoms with Gasteiger partial charge in [-0.2, -0.15) is 0 Å². The Morgan fingerprint density at radius 1 is 0.971 bits per heavy atom. The summed E-state index contributed by atoms with van der Waals surface area (Å²) in [5.41, 5.74) is 3.25. The van der Waals surface area contributed by atoms with Crippen LogP contribution in [-0.4, -0.2) is 23.5 Å². The number of hydrogen-bond donors (Lipinski definition) is 2. The van der Waals surface area contributed by atoms with Gasteiger partial charge in [0, 0.05) is 12.1 Å². The molecule has 3 aromatic carbocycles. The molecule has 0 aromatic heterocycles. The van der Waals surface area contributed by atoms with Crippen LogP contribution in [0.5, 0.6) is 5.75 Å². The predicted molar refractivity (Wildman–Crippen MR) is 135 cm³/mol. The number of halogens is 3. The van der Waals surface area contributed by atoms with Crippen molar-refractivity contribution in [1.29, 1.82) is 0 Å². The summed E-state index contributed by atoms with van der Waals surface area (Å²) >= 11 is 0.994. The predicted octanol–water partition coefficient (Wildman–Crippen LogP) is 5.73. The van der Waals surface area contributed by atoms with Gasteiger partial charge in [-0.25, -0.2) is 8.78 Å². The topological polar surface area (TPSA) is 67.4 Å². The zero-order valence-corrected chi connectivity index (χ0v) is 20.7. The molecule has 0 spiro atoms. The van der Waals surface area contributed by atoms with E-state index in [9.17, 15) is 18.4 Å². The summed E-state index contributed by atoms with van der Waals surface area (Å²) in [6.45, 7) is 1.85. The zero-order chi connectivity index (χ0) is 24.2. The van der Waals surface area contributed by atoms with E-state index >= 15 is 0 Å². The first-order chi connectivity index (χ1) is 16.3. The molecule has 0 radical (unpaired) electrons. The average Bonchev–Trinajstić information content (AvgIpc) is 3.13. The van der Waals surface area contributed by atoms with Gasteiger partial charge in [-0.3, -0.25) is 20.2 Å². The van der Waals surface area contributed by atoms with E-state index in [1.54, 1.807) is 7.11 Å². The van der Waals surface area contributed by atoms with Gasteiger partial charge >= 0.3 is 0 Å². The van der Waals surface area contributed by atoms with Gasteiger partial charge in [0.25, 0.3) is 5.24 Å². The standard InChI is InChI=1S/C26H24F2N2O3S.ClH/c1-15(19-12-20(27)14-21(28)13-19)29-24(17-6-8-22(33-2)9-7-17)18-5-3-4-16(10-18)11-23-25(31)30-26(32)34-23;/h3-10,12-15,23-24,29H,11H2,1-2H3,(H,30,31,32);1H. The highest BCUT2D eigenvalue weighted by Crippen LogP contribution is 2.30. The molecule has 184 valence electrons. The van der Waals surface area contributed by atoms with Gasteiger partial charge < -0.3 is 4.74 Å². The van der Waals surface area contributed by atoms with Crippen LogP contribution in [0.4, 0.5) is 13.6 Å². The summed E-state index contributed by atoms with van der Waals surface area (Å²) in [6, 6.07) is 18.1. The van der Waals surface area contributed by atoms with Gasteiger partial charge in [-0.05, 0) is 59.9 Å². The fourth-order valence-corrected chi connectivity index (χ4v) is 4.85. The highest BCUT2D eigenvalue weighted by Gasteiger charge is 2.31. The van der Waals surface area contributed by atoms with Crippen LogP contribution in [0, 0.1) is 11.6 Å². The molecule has 1 saturated heterocycles. The number of methoxy groups -OCH3 is 1. The van der Waals surface area contributed by atoms with Crippen LogP contribution in [0.1, 0.15) is 41.3 Å². The quantitative estimate of drug-likeness (QED) is 0.398. The number of rotatable bonds is 8. The maximum Gasteiger partial charge on any atom is 0.286 e. The number of hydrogen-bond acceptors (Lipinski definition) is 5. The van der Waals surface area contributed by atoms with Crippen LogP contribution < -0.4 is 15.4 Å². The van der Waals surface area contributed by atoms with E-state index in [0.717, 1.165) is 34.5 Å². The van der Waals surface area contributed by atoms with Crippen molar-refractivity contribution in [2.75, 3.05) is 7.11 Å². The first-order valence-electron chi connectivity index (χ1n) is 10.8. The summed E-state index contributed by atoms with van der Waals surface area (Å²) in [5.74, 6) is -0.834. The van der Waals surface area contributed by atoms with Crippen LogP contribution in [0.2, 0.25) is 0 Å². The van der Waals surface area contributed by atoms with E-state index in [-0.39, 0.29) is 35.6 Å². The summed E-state index contributed by atoms with van der Waals surface area (Å²) < 4.78 is 32.9. The Labute approximate surface area is 213 Å². The summed E-state index contributed by atoms with van der Waals surface area (Å²) in [7, 11) is 1.59. The minimum atomic E-state index is -0.631. The maximum atomic E-state index is 13.8. The number of nitrogens with one attached hydrogen (secondary N) is 2. The Bertz CT molecular complexity index is 1190. The maximum absolute atomic E-state index is 13.8. The Balaban J connectivity index is 0.00000342. The molecule has 3 unspecified atom stereocenters. The van der Waals surface area contributed by atoms with Crippen LogP contribution in [0.25, 0.3) is 0 Å². The highest BCUT2D eigenvalue weighted by atomic mass is 35.5. The molecule has 0 bridgehead atoms. The van der Waals surface area contributed by atoms with E-state index in [0.29, 0.717) is 17.7 Å². The lowest BCUT2D eigenvalue weighted by molar-refractivity contribution is -0.118. The van der Waals surface area contributed by atoms with Gasteiger partial charge in [-0.1, -0.05) is 48.2 Å². The minimum absolute atomic E-state index is 0. The molecular weight excluding hydrogens is 494 g/mol. The number of benzene rings is 3. The van der Waals surface area contributed by atoms with E-state index in [1.165, 1.54) is 12.1 Å². The summed E-state index contributed by atoms with van der Waals surface area (Å²) in [4.78, 5) is 23.5. The van der Waals surface area contributed by atoms with Crippen molar-refractivity contribution >= 4 is 35.3 Å². The molecule has 0 saturated carbocycles. The molecular formula is C26H25ClF2N2O3S. The number of carbonyl (C=O) groups excluding carboxylic acids is 2. The molecule has 2 N–H and O–H groups in total. The van der Waals surface area contributed by atoms with E-state index in [4.69, 9.17) is 4.74 Å². The van der Waals surface area contributed by atoms with E-state index in [1.807, 2.05) is 55.5 Å². The van der Waals surface area contributed by atoms with Crippen LogP contribution in [-0.2, 0) is 11.2 Å². The van der Waals surface area contributed by atoms with Crippen LogP contribution in [0.15, 0.2) is 66.7 Å². The number of ether oxygens (including phenoxy) is 1. The lowest BCUT2D eigenvalue weighted by atomic mass is 9.94. The lowest BCUT2D eigenvalue weighted by Crippen LogP contribution is -2.27. The Morgan fingerprint density at radius 3 is 2.26 bits per heavy atom. The number of thioether (sulfide) groups is 1. The Morgan fingerprint density at radius 2 is 1.66 bits per heavy atom. The van der Waals surface area contributed by atoms with Gasteiger partial charge in [0.15, 0.2) is 0 Å². The molecule has 9 heteroatoms. The number of amides is 2. The molecule has 4 rings (SSSR count). The van der Waals surface area contributed by atoms with Crippen molar-refractivity contribution < 1.29 is 23.1 Å². The second kappa shape index (κ2) is 11.7. The highest BCUT2D eigenvalue weighted by molar-refractivity contribution is 8.15. The van der Waals surface area contributed by atoms with Gasteiger partial charge in [0.05, 0.1) is 18.4 Å². The van der Waals surface area contributed by atoms with Crippen molar-refractivity contribution in [3.05, 3.63) is 101 Å². The molecule has 0 aliphatic carbocycles. The fourth-order valence-electron chi connectivity index (χ4n) is 3.99. The molecule has 1 aliphatic heterocycles. The Hall–Kier alpha value is -2.94. The van der Waals surface area contributed by atoms with Crippen molar-refractivity contribution in [2.45, 2.75) is 30.7 Å². The average molecular weight is 519 g/mol. The number of carbonyl (C=O) groups is 2. The molecule has 1 fully saturated rings. The summed E-state index contributed by atoms with van der Waals surface area (Å²) in [5, 5.41) is 4.99. The molecule has 1 aliphatic rings. The molecule has 1 heterocycles. The van der Waals surface area contributed by atoms with Gasteiger partial charge in [0.1, 0.15) is 17.4 Å². The number of imide groups is 1. The summed E-state index contributed by atoms with van der Waals surface area (Å²) in [6.07, 6.45) is 0.413. The van der Waals surface area contributed by atoms with Gasteiger partial charge in [-0.15, -0.1) is 12.4 Å². The SMILES string of the molecule is COc1ccc(C(NC(C)c2cc(F)cc(F)c2)c2cccc(CC3SC(=O)NC3=O)c2)cc1.Cl. The van der Waals surface area contributed by atoms with Gasteiger partial charge in [0.2, 0.25) is 5.91 Å². The molecule has 5 nitrogen and oxygen atoms in total. The van der Waals surface area contributed by atoms with Crippen molar-refractivity contribution in [1.82, 2.24) is 10.6 Å². The molecule has 3 atom stereocenters. The van der Waals surface area contributed by atoms with E-state index in [2.05, 4.69) is 10.6 Å². The second-order valence-electron chi connectivity index (χ2n) is 8.13. The Kier molecular flexibility index (Phi) is 8.88. The van der Waals surface area contributed by atoms with Crippen molar-refractivity contribution in [3.63, 3.8) is 0 Å². The largest absolute Gasteiger partial charge is 0.497 e. The monoisotopic (exact) mass is 518 g/mol. The fraction of sp³-hybridized carbons (Fsp3) is 0.231. The molecule has 2 amide bonds. The van der Waals surface area contributed by atoms with Crippen LogP contribution >= 0.6 is 24.2 Å². The zero-order valence-electron chi connectivity index (χ0n) is 19.1. The second-order valence-corrected chi connectivity index (χ2v) is 9.31. The van der Waals surface area contributed by atoms with Crippen molar-refractivity contribution in [3.8, 4) is 5.75 Å². The van der Waals surface area contributed by atoms with E-state index < -0.39 is 16.9 Å². The lowest BCUT2D eigenvalue weighted by Gasteiger charge is -2.25. The van der Waals surface area contributed by atoms with Crippen molar-refractivity contribution in [2.24, 2.45) is 0 Å². The first-order valence-corrected chi connectivity index (χ1v) is 11.7. The third-order valence-corrected chi connectivity index (χ3v) is 6.70. The molecule has 35 heavy (non-hydrogen) atoms. The third-order valence-electron chi connectivity index (χ3n) is 5.72.